The van der Waals surface area contributed by atoms with Crippen LogP contribution in [0, 0.1) is 5.82 Å². The van der Waals surface area contributed by atoms with Gasteiger partial charge in [0.1, 0.15) is 11.4 Å². The lowest BCUT2D eigenvalue weighted by Crippen LogP contribution is -2.39. The molecule has 176 valence electrons. The van der Waals surface area contributed by atoms with Gasteiger partial charge in [-0.15, -0.1) is 0 Å². The van der Waals surface area contributed by atoms with Crippen LogP contribution < -0.4 is 0 Å². The van der Waals surface area contributed by atoms with Crippen LogP contribution in [0.15, 0.2) is 70.3 Å². The molecule has 0 spiro atoms. The Morgan fingerprint density at radius 2 is 1.79 bits per heavy atom. The summed E-state index contributed by atoms with van der Waals surface area (Å²) in [7, 11) is 0. The number of para-hydroxylation sites is 1. The number of hydrogen-bond donors (Lipinski definition) is 1. The number of rotatable bonds is 7. The Balaban J connectivity index is 1.45. The van der Waals surface area contributed by atoms with Gasteiger partial charge in [-0.2, -0.15) is 0 Å². The minimum absolute atomic E-state index is 0.0397. The molecule has 2 aliphatic heterocycles. The Morgan fingerprint density at radius 1 is 1.06 bits per heavy atom. The number of fused-ring (bicyclic) bond motifs is 1. The molecule has 2 aliphatic rings. The van der Waals surface area contributed by atoms with Crippen molar-refractivity contribution < 1.29 is 28.2 Å². The second-order valence-corrected chi connectivity index (χ2v) is 8.50. The molecule has 3 heterocycles. The third kappa shape index (κ3) is 4.22. The zero-order chi connectivity index (χ0) is 23.7. The summed E-state index contributed by atoms with van der Waals surface area (Å²) >= 11 is 0. The molecule has 2 aromatic carbocycles. The third-order valence-electron chi connectivity index (χ3n) is 6.36. The predicted molar refractivity (Wildman–Crippen MR) is 123 cm³/mol. The summed E-state index contributed by atoms with van der Waals surface area (Å²) in [6, 6.07) is 13.6. The number of benzene rings is 2. The Bertz CT molecular complexity index is 1210. The molecule has 1 fully saturated rings. The van der Waals surface area contributed by atoms with E-state index < -0.39 is 29.3 Å². The van der Waals surface area contributed by atoms with Crippen LogP contribution >= 0.6 is 0 Å². The standard InChI is InChI=1S/C26H25FN2O5/c27-19-8-6-17(7-9-19)23-22(24(30)21-16-18-4-1-2-5-20(18)34-21)25(31)26(32)29(23)11-3-10-28-12-14-33-15-13-28/h1-2,4-9,16,23,31H,3,10-15H2. The molecule has 1 unspecified atom stereocenters. The molecule has 1 amide bonds. The summed E-state index contributed by atoms with van der Waals surface area (Å²) in [4.78, 5) is 30.3. The maximum atomic E-state index is 13.6. The highest BCUT2D eigenvalue weighted by Gasteiger charge is 2.44. The smallest absolute Gasteiger partial charge is 0.290 e. The van der Waals surface area contributed by atoms with Gasteiger partial charge in [-0.3, -0.25) is 14.5 Å². The van der Waals surface area contributed by atoms with Crippen LogP contribution in [-0.4, -0.2) is 66.0 Å². The second kappa shape index (κ2) is 9.40. The van der Waals surface area contributed by atoms with E-state index in [0.29, 0.717) is 37.3 Å². The average Bonchev–Trinajstić information content (AvgIpc) is 3.40. The first-order valence-corrected chi connectivity index (χ1v) is 11.4. The van der Waals surface area contributed by atoms with Gasteiger partial charge in [0.2, 0.25) is 5.78 Å². The molecule has 1 saturated heterocycles. The predicted octanol–water partition coefficient (Wildman–Crippen LogP) is 3.87. The van der Waals surface area contributed by atoms with Crippen molar-refractivity contribution in [3.63, 3.8) is 0 Å². The van der Waals surface area contributed by atoms with E-state index in [0.717, 1.165) is 25.0 Å². The van der Waals surface area contributed by atoms with Crippen LogP contribution in [0.25, 0.3) is 11.0 Å². The fraction of sp³-hybridized carbons (Fsp3) is 0.308. The second-order valence-electron chi connectivity index (χ2n) is 8.50. The minimum Gasteiger partial charge on any atom is -0.503 e. The van der Waals surface area contributed by atoms with Crippen molar-refractivity contribution in [2.24, 2.45) is 0 Å². The van der Waals surface area contributed by atoms with E-state index in [-0.39, 0.29) is 11.3 Å². The molecule has 1 atom stereocenters. The van der Waals surface area contributed by atoms with E-state index in [4.69, 9.17) is 9.15 Å². The quantitative estimate of drug-likeness (QED) is 0.535. The van der Waals surface area contributed by atoms with Gasteiger partial charge in [0.15, 0.2) is 11.5 Å². The van der Waals surface area contributed by atoms with Gasteiger partial charge in [-0.1, -0.05) is 30.3 Å². The summed E-state index contributed by atoms with van der Waals surface area (Å²) in [5.41, 5.74) is 1.03. The SMILES string of the molecule is O=C(C1=C(O)C(=O)N(CCCN2CCOCC2)C1c1ccc(F)cc1)c1cc2ccccc2o1. The number of halogens is 1. The molecule has 8 heteroatoms. The first kappa shape index (κ1) is 22.3. The molecule has 0 saturated carbocycles. The first-order valence-electron chi connectivity index (χ1n) is 11.4. The van der Waals surface area contributed by atoms with Crippen molar-refractivity contribution in [3.8, 4) is 0 Å². The highest BCUT2D eigenvalue weighted by Crippen LogP contribution is 2.39. The van der Waals surface area contributed by atoms with Gasteiger partial charge < -0.3 is 19.2 Å². The number of carbonyl (C=O) groups is 2. The number of hydrogen-bond acceptors (Lipinski definition) is 6. The number of ether oxygens (including phenoxy) is 1. The molecule has 1 aromatic heterocycles. The van der Waals surface area contributed by atoms with Gasteiger partial charge >= 0.3 is 0 Å². The lowest BCUT2D eigenvalue weighted by Gasteiger charge is -2.30. The number of furan rings is 1. The average molecular weight is 464 g/mol. The number of morpholine rings is 1. The van der Waals surface area contributed by atoms with Crippen LogP contribution in [0.5, 0.6) is 0 Å². The first-order chi connectivity index (χ1) is 16.5. The monoisotopic (exact) mass is 464 g/mol. The molecule has 1 N–H and O–H groups in total. The molecular weight excluding hydrogens is 439 g/mol. The van der Waals surface area contributed by atoms with Crippen LogP contribution in [0.4, 0.5) is 4.39 Å². The van der Waals surface area contributed by atoms with Crippen molar-refractivity contribution >= 4 is 22.7 Å². The Labute approximate surface area is 196 Å². The third-order valence-corrected chi connectivity index (χ3v) is 6.36. The molecule has 34 heavy (non-hydrogen) atoms. The Hall–Kier alpha value is -3.49. The summed E-state index contributed by atoms with van der Waals surface area (Å²) in [5.74, 6) is -2.16. The molecule has 7 nitrogen and oxygen atoms in total. The van der Waals surface area contributed by atoms with Crippen molar-refractivity contribution in [1.82, 2.24) is 9.80 Å². The van der Waals surface area contributed by atoms with Gasteiger partial charge in [-0.25, -0.2) is 4.39 Å². The van der Waals surface area contributed by atoms with E-state index in [9.17, 15) is 19.1 Å². The molecular formula is C26H25FN2O5. The molecule has 3 aromatic rings. The van der Waals surface area contributed by atoms with Crippen molar-refractivity contribution in [3.05, 3.63) is 83.1 Å². The fourth-order valence-corrected chi connectivity index (χ4v) is 4.62. The molecule has 0 bridgehead atoms. The van der Waals surface area contributed by atoms with Crippen molar-refractivity contribution in [2.45, 2.75) is 12.5 Å². The minimum atomic E-state index is -0.835. The Morgan fingerprint density at radius 3 is 2.53 bits per heavy atom. The molecule has 5 rings (SSSR count). The van der Waals surface area contributed by atoms with E-state index in [2.05, 4.69) is 4.90 Å². The van der Waals surface area contributed by atoms with Crippen LogP contribution in [0.1, 0.15) is 28.6 Å². The maximum Gasteiger partial charge on any atom is 0.290 e. The largest absolute Gasteiger partial charge is 0.503 e. The van der Waals surface area contributed by atoms with Gasteiger partial charge in [0.05, 0.1) is 24.8 Å². The summed E-state index contributed by atoms with van der Waals surface area (Å²) in [6.07, 6.45) is 0.656. The van der Waals surface area contributed by atoms with Crippen molar-refractivity contribution in [2.75, 3.05) is 39.4 Å². The van der Waals surface area contributed by atoms with Gasteiger partial charge in [0.25, 0.3) is 5.91 Å². The molecule has 0 aliphatic carbocycles. The summed E-state index contributed by atoms with van der Waals surface area (Å²) < 4.78 is 24.7. The summed E-state index contributed by atoms with van der Waals surface area (Å²) in [6.45, 7) is 4.11. The lowest BCUT2D eigenvalue weighted by molar-refractivity contribution is -0.129. The lowest BCUT2D eigenvalue weighted by atomic mass is 9.95. The topological polar surface area (TPSA) is 83.2 Å². The van der Waals surface area contributed by atoms with E-state index >= 15 is 0 Å². The number of ketones is 1. The van der Waals surface area contributed by atoms with Crippen LogP contribution in [0.3, 0.4) is 0 Å². The fourth-order valence-electron chi connectivity index (χ4n) is 4.62. The van der Waals surface area contributed by atoms with Crippen LogP contribution in [-0.2, 0) is 9.53 Å². The van der Waals surface area contributed by atoms with Gasteiger partial charge in [-0.05, 0) is 36.2 Å². The van der Waals surface area contributed by atoms with Crippen molar-refractivity contribution in [1.29, 1.82) is 0 Å². The zero-order valence-corrected chi connectivity index (χ0v) is 18.6. The number of nitrogens with zero attached hydrogens (tertiary/aromatic N) is 2. The van der Waals surface area contributed by atoms with E-state index in [1.165, 1.54) is 29.2 Å². The van der Waals surface area contributed by atoms with Gasteiger partial charge in [0, 0.05) is 31.6 Å². The van der Waals surface area contributed by atoms with E-state index in [1.807, 2.05) is 12.1 Å². The number of amides is 1. The number of aliphatic hydroxyl groups is 1. The highest BCUT2D eigenvalue weighted by atomic mass is 19.1. The number of aliphatic hydroxyl groups excluding tert-OH is 1. The van der Waals surface area contributed by atoms with Crippen LogP contribution in [0.2, 0.25) is 0 Å². The molecule has 0 radical (unpaired) electrons. The number of Topliss-reactive ketones (excluding diaryl/α,β-unsaturated/α-hetero) is 1. The maximum absolute atomic E-state index is 13.6. The zero-order valence-electron chi connectivity index (χ0n) is 18.6. The Kier molecular flexibility index (Phi) is 6.17. The summed E-state index contributed by atoms with van der Waals surface area (Å²) in [5, 5.41) is 11.5. The number of carbonyl (C=O) groups excluding carboxylic acids is 2. The van der Waals surface area contributed by atoms with E-state index in [1.54, 1.807) is 18.2 Å². The normalized spacial score (nSPS) is 19.4. The highest BCUT2D eigenvalue weighted by molar-refractivity contribution is 6.16.